The van der Waals surface area contributed by atoms with Crippen LogP contribution in [0, 0.1) is 52.1 Å². The Morgan fingerprint density at radius 3 is 1.61 bits per heavy atom. The molecule has 11 aromatic rings. The molecule has 12 rings (SSSR count). The van der Waals surface area contributed by atoms with Crippen molar-refractivity contribution in [3.8, 4) is 23.0 Å². The Balaban J connectivity index is 0.000000170. The van der Waals surface area contributed by atoms with E-state index < -0.39 is 39.8 Å². The fraction of sp³-hybridized carbons (Fsp3) is 0.267. The van der Waals surface area contributed by atoms with Gasteiger partial charge >= 0.3 is 35.8 Å². The van der Waals surface area contributed by atoms with E-state index in [-0.39, 0.29) is 76.8 Å². The third kappa shape index (κ3) is 20.7. The minimum Gasteiger partial charge on any atom is -0.740 e. The molecule has 562 valence electrons. The van der Waals surface area contributed by atoms with Gasteiger partial charge in [0.15, 0.2) is 22.1 Å². The number of likely N-dealkylation sites (N-methyl/N-ethyl adjacent to an activating group) is 2. The van der Waals surface area contributed by atoms with Gasteiger partial charge in [-0.2, -0.15) is 9.62 Å². The number of carbonyl (C=O) groups is 1. The number of aromatic nitrogens is 15. The minimum absolute atomic E-state index is 0.0991. The number of nitrogen functional groups attached to an aromatic ring is 3. The Kier molecular flexibility index (Phi) is 27.4. The quantitative estimate of drug-likeness (QED) is 0.0200. The first-order valence-electron chi connectivity index (χ1n) is 31.5. The number of amides is 2. The molecule has 106 heavy (non-hydrogen) atoms. The van der Waals surface area contributed by atoms with E-state index in [1.54, 1.807) is 42.5 Å². The maximum Gasteiger partial charge on any atom is 0.469 e. The van der Waals surface area contributed by atoms with Crippen LogP contribution in [0.5, 0.6) is 23.0 Å². The van der Waals surface area contributed by atoms with Gasteiger partial charge in [0, 0.05) is 118 Å². The monoisotopic (exact) mass is 1510 g/mol. The second kappa shape index (κ2) is 36.8. The second-order valence-electron chi connectivity index (χ2n) is 22.1. The van der Waals surface area contributed by atoms with Gasteiger partial charge in [0.2, 0.25) is 35.5 Å². The number of urea groups is 1. The molecule has 1 fully saturated rings. The molecule has 0 bridgehead atoms. The van der Waals surface area contributed by atoms with Crippen LogP contribution in [0.4, 0.5) is 45.9 Å². The summed E-state index contributed by atoms with van der Waals surface area (Å²) in [5, 5.41) is 147. The highest BCUT2D eigenvalue weighted by Gasteiger charge is 2.28. The number of carbonyl (C=O) groups excluding carboxylic acids is 1. The highest BCUT2D eigenvalue weighted by molar-refractivity contribution is 7.89. The number of hydrogen-bond acceptors (Lipinski definition) is 31. The summed E-state index contributed by atoms with van der Waals surface area (Å²) < 4.78 is 50.6. The molecule has 46 heteroatoms. The van der Waals surface area contributed by atoms with E-state index in [9.17, 15) is 65.3 Å². The normalized spacial score (nSPS) is 12.1. The lowest BCUT2D eigenvalue weighted by Crippen LogP contribution is -2.44. The zero-order chi connectivity index (χ0) is 76.8. The number of ether oxygens (including phenoxy) is 4. The smallest absolute Gasteiger partial charge is 0.469 e. The summed E-state index contributed by atoms with van der Waals surface area (Å²) in [6.07, 6.45) is 2.56. The minimum atomic E-state index is -3.59. The van der Waals surface area contributed by atoms with Crippen LogP contribution >= 0.6 is 11.6 Å². The van der Waals surface area contributed by atoms with E-state index in [4.69, 9.17) is 59.2 Å². The van der Waals surface area contributed by atoms with Crippen LogP contribution in [0.2, 0.25) is 5.02 Å². The van der Waals surface area contributed by atoms with Gasteiger partial charge in [-0.1, -0.05) is 23.7 Å². The van der Waals surface area contributed by atoms with Crippen molar-refractivity contribution < 1.29 is 80.0 Å². The van der Waals surface area contributed by atoms with Crippen molar-refractivity contribution in [2.45, 2.75) is 11.3 Å². The molecule has 1 saturated heterocycles. The largest absolute Gasteiger partial charge is 0.740 e. The van der Waals surface area contributed by atoms with Crippen molar-refractivity contribution in [1.82, 2.24) is 45.3 Å². The first kappa shape index (κ1) is 78.8. The van der Waals surface area contributed by atoms with E-state index >= 15 is 0 Å². The Morgan fingerprint density at radius 1 is 0.566 bits per heavy atom. The molecule has 1 aliphatic heterocycles. The Labute approximate surface area is 605 Å². The predicted molar refractivity (Wildman–Crippen MR) is 377 cm³/mol. The molecule has 0 radical (unpaired) electrons. The van der Waals surface area contributed by atoms with Crippen molar-refractivity contribution >= 4 is 113 Å². The number of nitrogens with two attached hydrogens (primary N) is 5. The molecule has 44 nitrogen and oxygen atoms in total. The number of hydrogen-bond donors (Lipinski definition) is 10. The molecule has 6 heterocycles. The maximum absolute atomic E-state index is 12.8. The summed E-state index contributed by atoms with van der Waals surface area (Å²) in [5.74, 6) is -0.0961. The lowest BCUT2D eigenvalue weighted by Gasteiger charge is -2.19. The van der Waals surface area contributed by atoms with Gasteiger partial charge in [-0.05, 0) is 101 Å². The van der Waals surface area contributed by atoms with Crippen LogP contribution in [0.15, 0.2) is 139 Å². The zero-order valence-corrected chi connectivity index (χ0v) is 58.2. The van der Waals surface area contributed by atoms with Gasteiger partial charge in [0.25, 0.3) is 28.3 Å². The Hall–Kier alpha value is -12.9. The van der Waals surface area contributed by atoms with Gasteiger partial charge in [0.05, 0.1) is 16.3 Å². The summed E-state index contributed by atoms with van der Waals surface area (Å²) in [7, 11) is 2.08. The average Bonchev–Trinajstić information content (AvgIpc) is 0.824. The van der Waals surface area contributed by atoms with E-state index in [0.717, 1.165) is 31.9 Å². The molecule has 5 aromatic heterocycles. The molecule has 0 aliphatic carbocycles. The molecular weight excluding hydrogens is 1440 g/mol. The molecule has 0 atom stereocenters. The lowest BCUT2D eigenvalue weighted by atomic mass is 10.3. The van der Waals surface area contributed by atoms with Crippen molar-refractivity contribution in [3.63, 3.8) is 0 Å². The van der Waals surface area contributed by atoms with E-state index in [2.05, 4.69) is 52.1 Å². The van der Waals surface area contributed by atoms with E-state index in [1.165, 1.54) is 83.2 Å². The summed E-state index contributed by atoms with van der Waals surface area (Å²) in [6.45, 7) is 5.88. The highest BCUT2D eigenvalue weighted by atomic mass is 35.5. The van der Waals surface area contributed by atoms with Crippen molar-refractivity contribution in [3.05, 3.63) is 191 Å². The number of nitrogens with zero attached hydrogens (tertiary/aromatic N) is 17. The molecule has 2 amide bonds. The number of anilines is 7. The number of fused-ring (bicyclic) bond motifs is 4. The summed E-state index contributed by atoms with van der Waals surface area (Å²) >= 11 is 5.88. The topological polar surface area (TPSA) is 619 Å². The van der Waals surface area contributed by atoms with Crippen molar-refractivity contribution in [2.75, 3.05) is 133 Å². The summed E-state index contributed by atoms with van der Waals surface area (Å²) in [4.78, 5) is 15.5. The number of para-hydroxylation sites is 2. The maximum atomic E-state index is 12.8. The highest BCUT2D eigenvalue weighted by Crippen LogP contribution is 2.29. The summed E-state index contributed by atoms with van der Waals surface area (Å²) in [6, 6.07) is 29.7. The SMILES string of the molecule is CN(C)CCOc1ccc2c(c1)[n+]([O-])c(N)n[n+]2[O-].CNCCOc1ccc2c(c1)[n+]([O-])c(N)n[n+]2[O-].NCCOc1ccc(Cl)cc1NC(=O)Nc1n[n+]([O-])cc[n+]1[O-].NCCOc1ccc2c(c1)[n+]([O-])c(N)n[n+]2[O-].O=S(=O)(c1ccc(Nc2n[n+]([O-])c3ccccc3[n+]2[O-])cc1)N1CCCNCC1. The van der Waals surface area contributed by atoms with Gasteiger partial charge in [-0.3, -0.25) is 22.5 Å². The van der Waals surface area contributed by atoms with E-state index in [0.29, 0.717) is 131 Å². The molecule has 0 unspecified atom stereocenters. The number of sulfonamides is 1. The third-order valence-electron chi connectivity index (χ3n) is 14.4. The zero-order valence-electron chi connectivity index (χ0n) is 56.6. The molecular formula is C60H72ClN27O17S. The van der Waals surface area contributed by atoms with E-state index in [1.807, 2.05) is 26.0 Å². The van der Waals surface area contributed by atoms with Crippen LogP contribution < -0.4 is 122 Å². The molecule has 0 spiro atoms. The molecule has 6 aromatic carbocycles. The first-order valence-corrected chi connectivity index (χ1v) is 33.3. The van der Waals surface area contributed by atoms with Gasteiger partial charge in [0.1, 0.15) is 55.6 Å². The van der Waals surface area contributed by atoms with Crippen LogP contribution in [-0.4, -0.2) is 149 Å². The predicted octanol–water partition coefficient (Wildman–Crippen LogP) is -3.66. The standard InChI is InChI=1S/C18H20N6O4S.C12H13ClN6O4.C11H15N5O3.C10H13N5O3.C9H11N5O3/c25-23-16-4-1-2-5-17(16)24(26)21-18(23)20-14-6-8-15(9-7-14)29(27,28)22-12-3-10-19-11-13-22;13-8-1-2-10(23-6-3-14)9(7-8)15-12(20)16-11-17-19(22)5-4-18(11)21;1-14(2)5-6-19-8-3-4-9-10(7-8)15(17)11(12)13-16(9)18;1-12-4-5-18-7-2-3-8-9(6-7)14(16)10(11)13-15(8)17;10-3-4-17-6-1-2-7-8(5-6)13(15)9(11)12-14(7)16/h1-2,4-9,19H,3,10-13H2,(H,20,21);1-2,4-5,7H,3,6,14H2,(H2,15,16,17,20);3-4,7H,5-6H2,1-2H3,(H2,12,13);2-3,6,12H,4-5H2,1H3,(H2,11,13);1-2,5H,3-4,10H2,(H2,11,12). The molecule has 0 saturated carbocycles. The van der Waals surface area contributed by atoms with Crippen LogP contribution in [0.25, 0.3) is 44.1 Å². The van der Waals surface area contributed by atoms with Crippen LogP contribution in [0.3, 0.4) is 0 Å². The number of nitrogens with one attached hydrogen (secondary N) is 5. The molecule has 1 aliphatic rings. The number of benzene rings is 6. The van der Waals surface area contributed by atoms with Gasteiger partial charge in [-0.25, -0.2) is 42.2 Å². The first-order chi connectivity index (χ1) is 50.7. The van der Waals surface area contributed by atoms with Gasteiger partial charge < -0.3 is 98.0 Å². The lowest BCUT2D eigenvalue weighted by molar-refractivity contribution is -0.705. The Bertz CT molecular complexity index is 4990. The van der Waals surface area contributed by atoms with Crippen molar-refractivity contribution in [2.24, 2.45) is 11.5 Å². The van der Waals surface area contributed by atoms with Gasteiger partial charge in [-0.15, -0.1) is 0 Å². The fourth-order valence-electron chi connectivity index (χ4n) is 9.29. The van der Waals surface area contributed by atoms with Crippen molar-refractivity contribution in [1.29, 1.82) is 0 Å². The molecule has 15 N–H and O–H groups in total. The number of rotatable bonds is 20. The second-order valence-corrected chi connectivity index (χ2v) is 24.5. The Morgan fingerprint density at radius 2 is 1.08 bits per heavy atom. The summed E-state index contributed by atoms with van der Waals surface area (Å²) in [5.41, 5.74) is 28.4. The number of halogens is 1. The average molecular weight is 1510 g/mol. The van der Waals surface area contributed by atoms with Crippen LogP contribution in [-0.2, 0) is 10.0 Å². The third-order valence-corrected chi connectivity index (χ3v) is 16.5. The van der Waals surface area contributed by atoms with Crippen LogP contribution in [0.1, 0.15) is 6.42 Å². The fourth-order valence-corrected chi connectivity index (χ4v) is 10.9.